The van der Waals surface area contributed by atoms with E-state index in [1.165, 1.54) is 5.56 Å². The van der Waals surface area contributed by atoms with Crippen LogP contribution >= 0.6 is 0 Å². The molecule has 0 spiro atoms. The fraction of sp³-hybridized carbons (Fsp3) is 0.310. The van der Waals surface area contributed by atoms with E-state index in [0.717, 1.165) is 41.0 Å². The standard InChI is InChI=1S/C29H32N2O2/c1-6-20(2)27-30-25-13-9-10-14-26(25)31(27)19-21-15-17-22(18-16-21)23-11-7-8-12-24(23)28(32)33-29(3,4)5/h7-18,20H,6,19H2,1-5H3. The van der Waals surface area contributed by atoms with Crippen molar-refractivity contribution >= 4 is 17.0 Å². The predicted octanol–water partition coefficient (Wildman–Crippen LogP) is 7.22. The number of benzene rings is 3. The number of aromatic nitrogens is 2. The van der Waals surface area contributed by atoms with Crippen LogP contribution in [0.15, 0.2) is 72.8 Å². The van der Waals surface area contributed by atoms with Crippen molar-refractivity contribution in [3.05, 3.63) is 89.7 Å². The number of hydrogen-bond donors (Lipinski definition) is 0. The van der Waals surface area contributed by atoms with Crippen molar-refractivity contribution in [2.45, 2.75) is 59.1 Å². The van der Waals surface area contributed by atoms with E-state index in [9.17, 15) is 4.79 Å². The molecule has 1 heterocycles. The van der Waals surface area contributed by atoms with Gasteiger partial charge in [0.25, 0.3) is 0 Å². The molecule has 4 rings (SSSR count). The smallest absolute Gasteiger partial charge is 0.339 e. The molecule has 170 valence electrons. The number of esters is 1. The Morgan fingerprint density at radius 3 is 2.33 bits per heavy atom. The minimum Gasteiger partial charge on any atom is -0.456 e. The zero-order valence-corrected chi connectivity index (χ0v) is 20.1. The van der Waals surface area contributed by atoms with Gasteiger partial charge in [0.2, 0.25) is 0 Å². The third-order valence-electron chi connectivity index (χ3n) is 5.89. The average molecular weight is 441 g/mol. The summed E-state index contributed by atoms with van der Waals surface area (Å²) < 4.78 is 7.94. The topological polar surface area (TPSA) is 44.1 Å². The van der Waals surface area contributed by atoms with E-state index in [1.807, 2.05) is 51.1 Å². The number of hydrogen-bond acceptors (Lipinski definition) is 3. The lowest BCUT2D eigenvalue weighted by Gasteiger charge is -2.20. The van der Waals surface area contributed by atoms with E-state index in [0.29, 0.717) is 11.5 Å². The monoisotopic (exact) mass is 440 g/mol. The van der Waals surface area contributed by atoms with Crippen molar-refractivity contribution in [3.63, 3.8) is 0 Å². The highest BCUT2D eigenvalue weighted by Crippen LogP contribution is 2.28. The highest BCUT2D eigenvalue weighted by atomic mass is 16.6. The molecule has 1 atom stereocenters. The third-order valence-corrected chi connectivity index (χ3v) is 5.89. The molecular weight excluding hydrogens is 408 g/mol. The highest BCUT2D eigenvalue weighted by Gasteiger charge is 2.21. The molecule has 4 heteroatoms. The fourth-order valence-corrected chi connectivity index (χ4v) is 4.04. The molecule has 0 radical (unpaired) electrons. The molecule has 4 nitrogen and oxygen atoms in total. The fourth-order valence-electron chi connectivity index (χ4n) is 4.04. The number of nitrogens with zero attached hydrogens (tertiary/aromatic N) is 2. The minimum absolute atomic E-state index is 0.301. The van der Waals surface area contributed by atoms with Gasteiger partial charge in [-0.05, 0) is 62.1 Å². The molecule has 3 aromatic carbocycles. The highest BCUT2D eigenvalue weighted by molar-refractivity contribution is 5.97. The van der Waals surface area contributed by atoms with Crippen LogP contribution in [0.4, 0.5) is 0 Å². The van der Waals surface area contributed by atoms with Gasteiger partial charge in [-0.15, -0.1) is 0 Å². The van der Waals surface area contributed by atoms with Gasteiger partial charge < -0.3 is 9.30 Å². The van der Waals surface area contributed by atoms with Gasteiger partial charge in [0, 0.05) is 12.5 Å². The Balaban J connectivity index is 1.65. The lowest BCUT2D eigenvalue weighted by molar-refractivity contribution is 0.00704. The second-order valence-electron chi connectivity index (χ2n) is 9.60. The van der Waals surface area contributed by atoms with Crippen LogP contribution in [0.25, 0.3) is 22.2 Å². The summed E-state index contributed by atoms with van der Waals surface area (Å²) in [7, 11) is 0. The molecule has 0 saturated heterocycles. The number of carbonyl (C=O) groups excluding carboxylic acids is 1. The van der Waals surface area contributed by atoms with Gasteiger partial charge in [-0.1, -0.05) is 68.4 Å². The Morgan fingerprint density at radius 2 is 1.64 bits per heavy atom. The van der Waals surface area contributed by atoms with Crippen LogP contribution in [0.3, 0.4) is 0 Å². The summed E-state index contributed by atoms with van der Waals surface area (Å²) in [6, 6.07) is 24.4. The molecule has 4 aromatic rings. The molecule has 0 aliphatic heterocycles. The van der Waals surface area contributed by atoms with Crippen molar-refractivity contribution in [2.75, 3.05) is 0 Å². The maximum absolute atomic E-state index is 12.8. The van der Waals surface area contributed by atoms with Gasteiger partial charge in [0.15, 0.2) is 0 Å². The summed E-state index contributed by atoms with van der Waals surface area (Å²) in [6.45, 7) is 10.8. The number of carbonyl (C=O) groups is 1. The molecule has 0 amide bonds. The summed E-state index contributed by atoms with van der Waals surface area (Å²) in [5, 5.41) is 0. The Labute approximate surface area is 196 Å². The Kier molecular flexibility index (Phi) is 6.37. The summed E-state index contributed by atoms with van der Waals surface area (Å²) in [5.41, 5.74) is 5.32. The maximum atomic E-state index is 12.8. The summed E-state index contributed by atoms with van der Waals surface area (Å²) in [4.78, 5) is 17.7. The van der Waals surface area contributed by atoms with Crippen molar-refractivity contribution in [2.24, 2.45) is 0 Å². The van der Waals surface area contributed by atoms with E-state index >= 15 is 0 Å². The normalized spacial score (nSPS) is 12.6. The molecule has 0 aliphatic rings. The first kappa shape index (κ1) is 22.8. The summed E-state index contributed by atoms with van der Waals surface area (Å²) >= 11 is 0. The van der Waals surface area contributed by atoms with Crippen molar-refractivity contribution < 1.29 is 9.53 Å². The first-order valence-electron chi connectivity index (χ1n) is 11.6. The van der Waals surface area contributed by atoms with Gasteiger partial charge >= 0.3 is 5.97 Å². The average Bonchev–Trinajstić information content (AvgIpc) is 3.16. The van der Waals surface area contributed by atoms with Crippen LogP contribution in [0.1, 0.15) is 68.7 Å². The quantitative estimate of drug-likeness (QED) is 0.297. The second kappa shape index (κ2) is 9.22. The second-order valence-corrected chi connectivity index (χ2v) is 9.60. The van der Waals surface area contributed by atoms with E-state index in [-0.39, 0.29) is 5.97 Å². The lowest BCUT2D eigenvalue weighted by Crippen LogP contribution is -2.24. The predicted molar refractivity (Wildman–Crippen MR) is 135 cm³/mol. The molecule has 0 bridgehead atoms. The molecule has 0 N–H and O–H groups in total. The zero-order valence-electron chi connectivity index (χ0n) is 20.1. The number of fused-ring (bicyclic) bond motifs is 1. The summed E-state index contributed by atoms with van der Waals surface area (Å²) in [6.07, 6.45) is 1.05. The third kappa shape index (κ3) is 5.00. The van der Waals surface area contributed by atoms with E-state index in [4.69, 9.17) is 9.72 Å². The molecular formula is C29H32N2O2. The molecule has 0 aliphatic carbocycles. The maximum Gasteiger partial charge on any atom is 0.339 e. The first-order valence-corrected chi connectivity index (χ1v) is 11.6. The Bertz CT molecular complexity index is 1260. The van der Waals surface area contributed by atoms with Gasteiger partial charge in [0.05, 0.1) is 16.6 Å². The van der Waals surface area contributed by atoms with Crippen LogP contribution in [-0.4, -0.2) is 21.1 Å². The van der Waals surface area contributed by atoms with Crippen LogP contribution in [0.2, 0.25) is 0 Å². The molecule has 0 saturated carbocycles. The van der Waals surface area contributed by atoms with Gasteiger partial charge in [-0.3, -0.25) is 0 Å². The molecule has 1 aromatic heterocycles. The minimum atomic E-state index is -0.533. The van der Waals surface area contributed by atoms with Crippen molar-refractivity contribution in [3.8, 4) is 11.1 Å². The Morgan fingerprint density at radius 1 is 0.970 bits per heavy atom. The zero-order chi connectivity index (χ0) is 23.6. The van der Waals surface area contributed by atoms with Gasteiger partial charge in [0.1, 0.15) is 11.4 Å². The number of rotatable bonds is 6. The SMILES string of the molecule is CCC(C)c1nc2ccccc2n1Cc1ccc(-c2ccccc2C(=O)OC(C)(C)C)cc1. The van der Waals surface area contributed by atoms with Crippen LogP contribution in [0, 0.1) is 0 Å². The van der Waals surface area contributed by atoms with E-state index in [2.05, 4.69) is 60.9 Å². The van der Waals surface area contributed by atoms with Gasteiger partial charge in [-0.25, -0.2) is 9.78 Å². The molecule has 0 fully saturated rings. The van der Waals surface area contributed by atoms with Gasteiger partial charge in [-0.2, -0.15) is 0 Å². The Hall–Kier alpha value is -3.40. The van der Waals surface area contributed by atoms with Crippen LogP contribution in [-0.2, 0) is 11.3 Å². The van der Waals surface area contributed by atoms with Crippen LogP contribution in [0.5, 0.6) is 0 Å². The molecule has 1 unspecified atom stereocenters. The van der Waals surface area contributed by atoms with Crippen molar-refractivity contribution in [1.82, 2.24) is 9.55 Å². The molecule has 33 heavy (non-hydrogen) atoms. The number of para-hydroxylation sites is 2. The van der Waals surface area contributed by atoms with E-state index < -0.39 is 5.60 Å². The van der Waals surface area contributed by atoms with Crippen LogP contribution < -0.4 is 0 Å². The lowest BCUT2D eigenvalue weighted by atomic mass is 9.98. The van der Waals surface area contributed by atoms with E-state index in [1.54, 1.807) is 0 Å². The number of imidazole rings is 1. The number of ether oxygens (including phenoxy) is 1. The largest absolute Gasteiger partial charge is 0.456 e. The first-order chi connectivity index (χ1) is 15.8. The summed E-state index contributed by atoms with van der Waals surface area (Å²) in [5.74, 6) is 1.21. The van der Waals surface area contributed by atoms with Crippen molar-refractivity contribution in [1.29, 1.82) is 0 Å².